The van der Waals surface area contributed by atoms with Crippen molar-refractivity contribution in [1.29, 1.82) is 5.26 Å². The molecule has 0 bridgehead atoms. The molecule has 0 spiro atoms. The molecule has 0 N–H and O–H groups in total. The van der Waals surface area contributed by atoms with Crippen LogP contribution in [0.3, 0.4) is 0 Å². The molecule has 1 aliphatic heterocycles. The van der Waals surface area contributed by atoms with Crippen LogP contribution in [0.1, 0.15) is 232 Å². The number of amides is 4. The minimum atomic E-state index is 0.230. The van der Waals surface area contributed by atoms with Crippen molar-refractivity contribution in [3.8, 4) is 6.07 Å². The van der Waals surface area contributed by atoms with Crippen LogP contribution in [0.4, 0.5) is 0 Å². The third-order valence-electron chi connectivity index (χ3n) is 11.4. The summed E-state index contributed by atoms with van der Waals surface area (Å²) in [4.78, 5) is 63.8. The summed E-state index contributed by atoms with van der Waals surface area (Å²) in [6.45, 7) is 34.4. The van der Waals surface area contributed by atoms with E-state index >= 15 is 0 Å². The molecule has 0 atom stereocenters. The van der Waals surface area contributed by atoms with E-state index in [0.29, 0.717) is 84.8 Å². The predicted molar refractivity (Wildman–Crippen MR) is 282 cm³/mol. The molecule has 4 amide bonds. The molecule has 0 aromatic carbocycles. The van der Waals surface area contributed by atoms with Gasteiger partial charge in [0.25, 0.3) is 0 Å². The molecule has 66 heavy (non-hydrogen) atoms. The van der Waals surface area contributed by atoms with E-state index in [9.17, 15) is 24.0 Å². The van der Waals surface area contributed by atoms with Gasteiger partial charge in [0.15, 0.2) is 0 Å². The molecule has 1 saturated carbocycles. The summed E-state index contributed by atoms with van der Waals surface area (Å²) in [6, 6.07) is 2.62. The number of Topliss-reactive ketones (excluding diaryl/α,β-unsaturated/α-hetero) is 1. The smallest absolute Gasteiger partial charge is 0.222 e. The van der Waals surface area contributed by atoms with Gasteiger partial charge >= 0.3 is 0 Å². The van der Waals surface area contributed by atoms with E-state index in [-0.39, 0.29) is 11.8 Å². The van der Waals surface area contributed by atoms with Crippen LogP contribution in [0, 0.1) is 52.8 Å². The van der Waals surface area contributed by atoms with Gasteiger partial charge < -0.3 is 24.4 Å². The van der Waals surface area contributed by atoms with E-state index in [4.69, 9.17) is 5.26 Å². The molecule has 0 radical (unpaired) electrons. The number of nitrogens with zero attached hydrogens (tertiary/aromatic N) is 5. The van der Waals surface area contributed by atoms with E-state index in [1.807, 2.05) is 28.8 Å². The molecule has 390 valence electrons. The SMILES string of the molecule is CC(=O)CCC(C)C.CC(C)CC(=O)N(C)C1CCCCC1.CC(C)CCC#N.CC(C)CCC(=O)N(C)C.CC(C)CCCC(=O)N1CCCCC1.CC(C)CCN(C)C(=O)CC(C)C. The molecule has 2 aliphatic rings. The highest BCUT2D eigenvalue weighted by Crippen LogP contribution is 2.22. The minimum absolute atomic E-state index is 0.230. The number of hydrogen-bond donors (Lipinski definition) is 0. The van der Waals surface area contributed by atoms with E-state index in [1.165, 1.54) is 57.8 Å². The van der Waals surface area contributed by atoms with Gasteiger partial charge in [0.2, 0.25) is 23.6 Å². The lowest BCUT2D eigenvalue weighted by Gasteiger charge is -2.31. The highest BCUT2D eigenvalue weighted by atomic mass is 16.2. The van der Waals surface area contributed by atoms with Crippen LogP contribution in [0.2, 0.25) is 0 Å². The van der Waals surface area contributed by atoms with Gasteiger partial charge in [-0.3, -0.25) is 19.2 Å². The quantitative estimate of drug-likeness (QED) is 0.120. The number of ketones is 1. The van der Waals surface area contributed by atoms with Crippen molar-refractivity contribution in [2.45, 2.75) is 238 Å². The fourth-order valence-electron chi connectivity index (χ4n) is 6.69. The van der Waals surface area contributed by atoms with Gasteiger partial charge in [-0.1, -0.05) is 123 Å². The molecule has 10 heteroatoms. The average molecular weight is 935 g/mol. The van der Waals surface area contributed by atoms with Gasteiger partial charge in [-0.05, 0) is 113 Å². The standard InChI is InChI=1S/2C12H23NO.C11H23NO.C8H17NO.C7H14O.C6H11N/c1-10(2)9-12(14)13(3)11-7-5-4-6-8-11;1-11(2)7-6-8-12(14)13-9-4-3-5-10-13;1-9(2)6-7-12(5)11(13)8-10(3)4;1-7(2)5-6-8(10)9(3)4;1-6(2)4-5-7(3)8;1-6(2)4-3-5-7/h10-11H,4-9H2,1-3H3;11H,3-10H2,1-2H3;9-10H,6-8H2,1-5H3;7H,5-6H2,1-4H3;6H,4-5H2,1-3H3;6H,3-4H2,1-2H3. The van der Waals surface area contributed by atoms with Crippen molar-refractivity contribution in [3.63, 3.8) is 0 Å². The maximum Gasteiger partial charge on any atom is 0.222 e. The molecule has 0 unspecified atom stereocenters. The molecule has 10 nitrogen and oxygen atoms in total. The molecular weight excluding hydrogens is 823 g/mol. The number of nitriles is 1. The average Bonchev–Trinajstić information content (AvgIpc) is 3.23. The monoisotopic (exact) mass is 934 g/mol. The Morgan fingerprint density at radius 2 is 0.970 bits per heavy atom. The van der Waals surface area contributed by atoms with E-state index in [2.05, 4.69) is 103 Å². The second-order valence-corrected chi connectivity index (χ2v) is 22.2. The third-order valence-corrected chi connectivity index (χ3v) is 11.4. The van der Waals surface area contributed by atoms with Gasteiger partial charge in [0, 0.05) is 92.4 Å². The Labute approximate surface area is 410 Å². The Balaban J connectivity index is -0.000000356. The van der Waals surface area contributed by atoms with Crippen LogP contribution in [0.5, 0.6) is 0 Å². The van der Waals surface area contributed by atoms with Gasteiger partial charge in [-0.25, -0.2) is 0 Å². The number of rotatable bonds is 20. The van der Waals surface area contributed by atoms with Crippen LogP contribution in [0.15, 0.2) is 0 Å². The first-order chi connectivity index (χ1) is 30.7. The Kier molecular flexibility index (Phi) is 47.0. The van der Waals surface area contributed by atoms with E-state index < -0.39 is 0 Å². The van der Waals surface area contributed by atoms with Crippen molar-refractivity contribution in [3.05, 3.63) is 0 Å². The summed E-state index contributed by atoms with van der Waals surface area (Å²) in [5, 5.41) is 8.07. The number of hydrogen-bond acceptors (Lipinski definition) is 6. The zero-order valence-electron chi connectivity index (χ0n) is 47.2. The lowest BCUT2D eigenvalue weighted by molar-refractivity contribution is -0.133. The fraction of sp³-hybridized carbons (Fsp3) is 0.893. The van der Waals surface area contributed by atoms with Gasteiger partial charge in [-0.15, -0.1) is 0 Å². The van der Waals surface area contributed by atoms with E-state index in [1.54, 1.807) is 25.9 Å². The van der Waals surface area contributed by atoms with Crippen LogP contribution in [-0.2, 0) is 24.0 Å². The lowest BCUT2D eigenvalue weighted by atomic mass is 9.94. The molecule has 0 aromatic heterocycles. The zero-order chi connectivity index (χ0) is 51.8. The molecule has 1 aliphatic carbocycles. The summed E-state index contributed by atoms with van der Waals surface area (Å²) in [5.41, 5.74) is 0. The van der Waals surface area contributed by atoms with Crippen LogP contribution in [0.25, 0.3) is 0 Å². The number of carbonyl (C=O) groups excluding carboxylic acids is 5. The van der Waals surface area contributed by atoms with Crippen molar-refractivity contribution in [2.24, 2.45) is 41.4 Å². The second kappa shape index (κ2) is 44.5. The molecule has 0 aromatic rings. The van der Waals surface area contributed by atoms with Crippen molar-refractivity contribution in [1.82, 2.24) is 19.6 Å². The lowest BCUT2D eigenvalue weighted by Crippen LogP contribution is -2.38. The molecule has 2 fully saturated rings. The number of carbonyl (C=O) groups is 5. The van der Waals surface area contributed by atoms with Crippen molar-refractivity contribution < 1.29 is 24.0 Å². The number of likely N-dealkylation sites (tertiary alicyclic amines) is 1. The highest BCUT2D eigenvalue weighted by molar-refractivity contribution is 5.77. The zero-order valence-corrected chi connectivity index (χ0v) is 47.2. The minimum Gasteiger partial charge on any atom is -0.349 e. The largest absolute Gasteiger partial charge is 0.349 e. The maximum absolute atomic E-state index is 11.8. The van der Waals surface area contributed by atoms with Gasteiger partial charge in [0.1, 0.15) is 5.78 Å². The first-order valence-electron chi connectivity index (χ1n) is 26.5. The van der Waals surface area contributed by atoms with Crippen molar-refractivity contribution in [2.75, 3.05) is 47.8 Å². The van der Waals surface area contributed by atoms with Crippen LogP contribution < -0.4 is 0 Å². The van der Waals surface area contributed by atoms with Gasteiger partial charge in [0.05, 0.1) is 6.07 Å². The molecule has 1 saturated heterocycles. The van der Waals surface area contributed by atoms with Crippen LogP contribution >= 0.6 is 0 Å². The molecule has 1 heterocycles. The van der Waals surface area contributed by atoms with Crippen LogP contribution in [-0.4, -0.2) is 103 Å². The Bertz CT molecular complexity index is 1240. The fourth-order valence-corrected chi connectivity index (χ4v) is 6.69. The maximum atomic E-state index is 11.8. The van der Waals surface area contributed by atoms with Crippen molar-refractivity contribution >= 4 is 29.4 Å². The second-order valence-electron chi connectivity index (χ2n) is 22.2. The highest BCUT2D eigenvalue weighted by Gasteiger charge is 2.22. The number of piperidine rings is 1. The third kappa shape index (κ3) is 50.5. The molecular formula is C56H111N5O5. The van der Waals surface area contributed by atoms with E-state index in [0.717, 1.165) is 70.5 Å². The normalized spacial score (nSPS) is 13.5. The summed E-state index contributed by atoms with van der Waals surface area (Å²) >= 11 is 0. The first kappa shape index (κ1) is 69.6. The topological polar surface area (TPSA) is 122 Å². The van der Waals surface area contributed by atoms with Gasteiger partial charge in [-0.2, -0.15) is 5.26 Å². The predicted octanol–water partition coefficient (Wildman–Crippen LogP) is 13.7. The summed E-state index contributed by atoms with van der Waals surface area (Å²) < 4.78 is 0. The summed E-state index contributed by atoms with van der Waals surface area (Å²) in [5.74, 6) is 5.84. The summed E-state index contributed by atoms with van der Waals surface area (Å²) in [6.07, 6.45) is 20.8. The Hall–Kier alpha value is -2.96. The Morgan fingerprint density at radius 1 is 0.530 bits per heavy atom. The molecule has 2 rings (SSSR count). The summed E-state index contributed by atoms with van der Waals surface area (Å²) in [7, 11) is 7.46. The Morgan fingerprint density at radius 3 is 1.35 bits per heavy atom. The first-order valence-corrected chi connectivity index (χ1v) is 26.5.